The van der Waals surface area contributed by atoms with Crippen LogP contribution >= 0.6 is 0 Å². The third kappa shape index (κ3) is 5.58. The van der Waals surface area contributed by atoms with Gasteiger partial charge in [-0.3, -0.25) is 4.79 Å². The van der Waals surface area contributed by atoms with Crippen LogP contribution in [-0.4, -0.2) is 35.6 Å². The molecule has 126 valence electrons. The summed E-state index contributed by atoms with van der Waals surface area (Å²) >= 11 is 0. The molecule has 1 N–H and O–H groups in total. The molecule has 0 radical (unpaired) electrons. The van der Waals surface area contributed by atoms with Gasteiger partial charge in [-0.05, 0) is 39.2 Å². The molecule has 1 aromatic carbocycles. The molecule has 1 saturated heterocycles. The molecule has 0 saturated carbocycles. The van der Waals surface area contributed by atoms with E-state index in [0.717, 1.165) is 18.4 Å². The van der Waals surface area contributed by atoms with Crippen LogP contribution in [0.2, 0.25) is 0 Å². The highest BCUT2D eigenvalue weighted by atomic mass is 16.6. The summed E-state index contributed by atoms with van der Waals surface area (Å²) in [4.78, 5) is 26.1. The number of carbonyl (C=O) groups is 2. The van der Waals surface area contributed by atoms with Gasteiger partial charge in [-0.1, -0.05) is 30.3 Å². The van der Waals surface area contributed by atoms with Crippen molar-refractivity contribution in [2.75, 3.05) is 13.1 Å². The van der Waals surface area contributed by atoms with Crippen molar-refractivity contribution in [3.05, 3.63) is 35.9 Å². The van der Waals surface area contributed by atoms with Crippen LogP contribution in [-0.2, 0) is 16.1 Å². The highest BCUT2D eigenvalue weighted by molar-refractivity contribution is 5.80. The SMILES string of the molecule is CC(C)(C)OC(=O)N1CCC[C@H](C(=O)NCc2ccccc2)C1. The minimum atomic E-state index is -0.514. The van der Waals surface area contributed by atoms with Crippen LogP contribution in [0.4, 0.5) is 4.79 Å². The maximum atomic E-state index is 12.3. The first-order valence-corrected chi connectivity index (χ1v) is 8.15. The number of benzene rings is 1. The van der Waals surface area contributed by atoms with Crippen molar-refractivity contribution in [2.24, 2.45) is 5.92 Å². The van der Waals surface area contributed by atoms with E-state index in [0.29, 0.717) is 19.6 Å². The van der Waals surface area contributed by atoms with Crippen molar-refractivity contribution < 1.29 is 14.3 Å². The van der Waals surface area contributed by atoms with Gasteiger partial charge in [0.25, 0.3) is 0 Å². The molecular formula is C18H26N2O3. The Morgan fingerprint density at radius 2 is 1.96 bits per heavy atom. The van der Waals surface area contributed by atoms with E-state index < -0.39 is 5.60 Å². The Kier molecular flexibility index (Phi) is 5.64. The number of nitrogens with one attached hydrogen (secondary N) is 1. The molecule has 1 fully saturated rings. The number of likely N-dealkylation sites (tertiary alicyclic amines) is 1. The van der Waals surface area contributed by atoms with Gasteiger partial charge >= 0.3 is 6.09 Å². The summed E-state index contributed by atoms with van der Waals surface area (Å²) in [5, 5.41) is 2.96. The van der Waals surface area contributed by atoms with E-state index in [4.69, 9.17) is 4.74 Å². The molecule has 1 aromatic rings. The Hall–Kier alpha value is -2.04. The van der Waals surface area contributed by atoms with Gasteiger partial charge in [0, 0.05) is 19.6 Å². The Morgan fingerprint density at radius 1 is 1.26 bits per heavy atom. The molecule has 0 aliphatic carbocycles. The van der Waals surface area contributed by atoms with E-state index in [2.05, 4.69) is 5.32 Å². The first-order chi connectivity index (χ1) is 10.8. The van der Waals surface area contributed by atoms with E-state index in [1.165, 1.54) is 0 Å². The second-order valence-electron chi connectivity index (χ2n) is 6.97. The fraction of sp³-hybridized carbons (Fsp3) is 0.556. The zero-order chi connectivity index (χ0) is 16.9. The number of nitrogens with zero attached hydrogens (tertiary/aromatic N) is 1. The molecule has 5 nitrogen and oxygen atoms in total. The first kappa shape index (κ1) is 17.3. The third-order valence-electron chi connectivity index (χ3n) is 3.75. The summed E-state index contributed by atoms with van der Waals surface area (Å²) in [5.74, 6) is -0.165. The summed E-state index contributed by atoms with van der Waals surface area (Å²) in [6.45, 7) is 7.13. The van der Waals surface area contributed by atoms with Crippen molar-refractivity contribution in [3.63, 3.8) is 0 Å². The van der Waals surface area contributed by atoms with Crippen molar-refractivity contribution in [3.8, 4) is 0 Å². The fourth-order valence-electron chi connectivity index (χ4n) is 2.61. The maximum Gasteiger partial charge on any atom is 0.410 e. The van der Waals surface area contributed by atoms with Crippen LogP contribution in [0.1, 0.15) is 39.2 Å². The first-order valence-electron chi connectivity index (χ1n) is 8.15. The Balaban J connectivity index is 1.85. The van der Waals surface area contributed by atoms with Crippen LogP contribution < -0.4 is 5.32 Å². The quantitative estimate of drug-likeness (QED) is 0.932. The lowest BCUT2D eigenvalue weighted by Gasteiger charge is -2.33. The number of ether oxygens (including phenoxy) is 1. The standard InChI is InChI=1S/C18H26N2O3/c1-18(2,3)23-17(22)20-11-7-10-15(13-20)16(21)19-12-14-8-5-4-6-9-14/h4-6,8-9,15H,7,10-13H2,1-3H3,(H,19,21)/t15-/m0/s1. The molecule has 1 aliphatic rings. The third-order valence-corrected chi connectivity index (χ3v) is 3.75. The number of amides is 2. The van der Waals surface area contributed by atoms with Gasteiger partial charge < -0.3 is 15.0 Å². The van der Waals surface area contributed by atoms with E-state index >= 15 is 0 Å². The Bertz CT molecular complexity index is 537. The topological polar surface area (TPSA) is 58.6 Å². The van der Waals surface area contributed by atoms with E-state index in [-0.39, 0.29) is 17.9 Å². The molecule has 0 bridgehead atoms. The number of hydrogen-bond donors (Lipinski definition) is 1. The monoisotopic (exact) mass is 318 g/mol. The maximum absolute atomic E-state index is 12.3. The average Bonchev–Trinajstić information content (AvgIpc) is 2.52. The summed E-state index contributed by atoms with van der Waals surface area (Å²) in [7, 11) is 0. The minimum absolute atomic E-state index is 0.00196. The summed E-state index contributed by atoms with van der Waals surface area (Å²) in [6.07, 6.45) is 1.29. The Labute approximate surface area is 138 Å². The zero-order valence-electron chi connectivity index (χ0n) is 14.2. The number of rotatable bonds is 3. The second-order valence-corrected chi connectivity index (χ2v) is 6.97. The Morgan fingerprint density at radius 3 is 2.61 bits per heavy atom. The molecule has 23 heavy (non-hydrogen) atoms. The van der Waals surface area contributed by atoms with Gasteiger partial charge in [-0.25, -0.2) is 4.79 Å². The molecule has 2 rings (SSSR count). The normalized spacial score (nSPS) is 18.4. The van der Waals surface area contributed by atoms with Crippen molar-refractivity contribution in [1.29, 1.82) is 0 Å². The number of piperidine rings is 1. The van der Waals surface area contributed by atoms with Gasteiger partial charge in [0.05, 0.1) is 5.92 Å². The lowest BCUT2D eigenvalue weighted by molar-refractivity contribution is -0.126. The molecule has 5 heteroatoms. The van der Waals surface area contributed by atoms with Crippen LogP contribution in [0.5, 0.6) is 0 Å². The predicted octanol–water partition coefficient (Wildman–Crippen LogP) is 2.95. The van der Waals surface area contributed by atoms with Crippen LogP contribution in [0.3, 0.4) is 0 Å². The lowest BCUT2D eigenvalue weighted by atomic mass is 9.97. The van der Waals surface area contributed by atoms with Crippen molar-refractivity contribution >= 4 is 12.0 Å². The molecule has 1 atom stereocenters. The molecule has 0 unspecified atom stereocenters. The predicted molar refractivity (Wildman–Crippen MR) is 88.8 cm³/mol. The van der Waals surface area contributed by atoms with Crippen LogP contribution in [0.25, 0.3) is 0 Å². The van der Waals surface area contributed by atoms with Gasteiger partial charge in [0.2, 0.25) is 5.91 Å². The number of carbonyl (C=O) groups excluding carboxylic acids is 2. The van der Waals surface area contributed by atoms with E-state index in [9.17, 15) is 9.59 Å². The molecule has 0 aromatic heterocycles. The highest BCUT2D eigenvalue weighted by Gasteiger charge is 2.30. The zero-order valence-corrected chi connectivity index (χ0v) is 14.2. The second kappa shape index (κ2) is 7.49. The van der Waals surface area contributed by atoms with Gasteiger partial charge in [0.15, 0.2) is 0 Å². The largest absolute Gasteiger partial charge is 0.444 e. The summed E-state index contributed by atoms with van der Waals surface area (Å²) in [5.41, 5.74) is 0.556. The smallest absolute Gasteiger partial charge is 0.410 e. The molecular weight excluding hydrogens is 292 g/mol. The van der Waals surface area contributed by atoms with Crippen molar-refractivity contribution in [1.82, 2.24) is 10.2 Å². The van der Waals surface area contributed by atoms with Crippen LogP contribution in [0, 0.1) is 5.92 Å². The van der Waals surface area contributed by atoms with Gasteiger partial charge in [0.1, 0.15) is 5.60 Å². The van der Waals surface area contributed by atoms with Crippen LogP contribution in [0.15, 0.2) is 30.3 Å². The van der Waals surface area contributed by atoms with Gasteiger partial charge in [-0.2, -0.15) is 0 Å². The lowest BCUT2D eigenvalue weighted by Crippen LogP contribution is -2.46. The molecule has 1 aliphatic heterocycles. The number of hydrogen-bond acceptors (Lipinski definition) is 3. The average molecular weight is 318 g/mol. The van der Waals surface area contributed by atoms with Gasteiger partial charge in [-0.15, -0.1) is 0 Å². The van der Waals surface area contributed by atoms with E-state index in [1.54, 1.807) is 4.90 Å². The molecule has 0 spiro atoms. The molecule has 1 heterocycles. The molecule has 2 amide bonds. The highest BCUT2D eigenvalue weighted by Crippen LogP contribution is 2.19. The van der Waals surface area contributed by atoms with Crippen molar-refractivity contribution in [2.45, 2.75) is 45.8 Å². The summed E-state index contributed by atoms with van der Waals surface area (Å²) < 4.78 is 5.39. The fourth-order valence-corrected chi connectivity index (χ4v) is 2.61. The van der Waals surface area contributed by atoms with E-state index in [1.807, 2.05) is 51.1 Å². The minimum Gasteiger partial charge on any atom is -0.444 e. The summed E-state index contributed by atoms with van der Waals surface area (Å²) in [6, 6.07) is 9.81.